The quantitative estimate of drug-likeness (QED) is 0.527. The lowest BCUT2D eigenvalue weighted by molar-refractivity contribution is 0.00932. The van der Waals surface area contributed by atoms with Gasteiger partial charge < -0.3 is 6.15 Å². The molecule has 1 nitrogen and oxygen atoms in total. The van der Waals surface area contributed by atoms with Crippen molar-refractivity contribution in [3.05, 3.63) is 0 Å². The molecular weight excluding hydrogens is 112 g/mol. The van der Waals surface area contributed by atoms with Gasteiger partial charge in [-0.1, -0.05) is 0 Å². The Morgan fingerprint density at radius 1 is 1.00 bits per heavy atom. The Morgan fingerprint density at radius 3 is 1.50 bits per heavy atom. The van der Waals surface area contributed by atoms with E-state index < -0.39 is 5.92 Å². The molecule has 0 aliphatic heterocycles. The second kappa shape index (κ2) is 2.40. The van der Waals surface area contributed by atoms with Crippen LogP contribution in [0, 0.1) is 0 Å². The van der Waals surface area contributed by atoms with Gasteiger partial charge in [-0.2, -0.15) is 0 Å². The lowest BCUT2D eigenvalue weighted by atomic mass is 10.3. The molecule has 3 N–H and O–H groups in total. The van der Waals surface area contributed by atoms with Crippen LogP contribution < -0.4 is 6.15 Å². The third kappa shape index (κ3) is 1.74. The SMILES string of the molecule is FC1(F)CCCC1.N. The highest BCUT2D eigenvalue weighted by molar-refractivity contribution is 4.72. The van der Waals surface area contributed by atoms with Gasteiger partial charge in [-0.25, -0.2) is 8.78 Å². The van der Waals surface area contributed by atoms with Crippen molar-refractivity contribution in [2.24, 2.45) is 0 Å². The van der Waals surface area contributed by atoms with Gasteiger partial charge in [0.15, 0.2) is 0 Å². The normalized spacial score (nSPS) is 24.8. The molecule has 0 aromatic rings. The standard InChI is InChI=1S/C5H8F2.H3N/c6-5(7)3-1-2-4-5;/h1-4H2;1H3. The highest BCUT2D eigenvalue weighted by atomic mass is 19.3. The van der Waals surface area contributed by atoms with Crippen LogP contribution in [0.3, 0.4) is 0 Å². The summed E-state index contributed by atoms with van der Waals surface area (Å²) in [4.78, 5) is 0. The van der Waals surface area contributed by atoms with Crippen molar-refractivity contribution in [1.82, 2.24) is 6.15 Å². The second-order valence-corrected chi connectivity index (χ2v) is 2.06. The van der Waals surface area contributed by atoms with E-state index in [4.69, 9.17) is 0 Å². The molecule has 1 fully saturated rings. The summed E-state index contributed by atoms with van der Waals surface area (Å²) in [7, 11) is 0. The molecule has 1 saturated carbocycles. The number of halogens is 2. The minimum absolute atomic E-state index is 0. The fourth-order valence-corrected chi connectivity index (χ4v) is 0.892. The molecule has 1 rings (SSSR count). The largest absolute Gasteiger partial charge is 0.344 e. The van der Waals surface area contributed by atoms with Crippen molar-refractivity contribution < 1.29 is 8.78 Å². The van der Waals surface area contributed by atoms with E-state index in [1.54, 1.807) is 0 Å². The Hall–Kier alpha value is -0.180. The molecule has 0 spiro atoms. The van der Waals surface area contributed by atoms with Crippen LogP contribution in [0.1, 0.15) is 25.7 Å². The van der Waals surface area contributed by atoms with Gasteiger partial charge in [0.2, 0.25) is 5.92 Å². The molecule has 0 radical (unpaired) electrons. The Labute approximate surface area is 47.7 Å². The molecule has 1 aliphatic carbocycles. The Morgan fingerprint density at radius 2 is 1.38 bits per heavy atom. The summed E-state index contributed by atoms with van der Waals surface area (Å²) in [6.07, 6.45) is 1.67. The van der Waals surface area contributed by atoms with Gasteiger partial charge in [-0.3, -0.25) is 0 Å². The number of hydrogen-bond acceptors (Lipinski definition) is 1. The molecule has 1 aliphatic rings. The number of hydrogen-bond donors (Lipinski definition) is 1. The van der Waals surface area contributed by atoms with Crippen LogP contribution in [0.25, 0.3) is 0 Å². The minimum atomic E-state index is -2.31. The van der Waals surface area contributed by atoms with Crippen LogP contribution in [0.2, 0.25) is 0 Å². The predicted molar refractivity (Wildman–Crippen MR) is 28.4 cm³/mol. The molecule has 0 saturated heterocycles. The maximum Gasteiger partial charge on any atom is 0.248 e. The topological polar surface area (TPSA) is 35.0 Å². The van der Waals surface area contributed by atoms with Crippen molar-refractivity contribution >= 4 is 0 Å². The van der Waals surface area contributed by atoms with E-state index in [1.165, 1.54) is 0 Å². The molecular formula is C5H11F2N. The molecule has 8 heavy (non-hydrogen) atoms. The Kier molecular flexibility index (Phi) is 2.34. The highest BCUT2D eigenvalue weighted by Crippen LogP contribution is 2.33. The molecule has 0 heterocycles. The molecule has 50 valence electrons. The summed E-state index contributed by atoms with van der Waals surface area (Å²) >= 11 is 0. The van der Waals surface area contributed by atoms with E-state index in [9.17, 15) is 8.78 Å². The third-order valence-electron chi connectivity index (χ3n) is 1.34. The first kappa shape index (κ1) is 7.82. The van der Waals surface area contributed by atoms with Crippen molar-refractivity contribution in [3.8, 4) is 0 Å². The summed E-state index contributed by atoms with van der Waals surface area (Å²) in [6, 6.07) is 0. The van der Waals surface area contributed by atoms with Gasteiger partial charge in [0.1, 0.15) is 0 Å². The number of rotatable bonds is 0. The van der Waals surface area contributed by atoms with Gasteiger partial charge in [0, 0.05) is 12.8 Å². The van der Waals surface area contributed by atoms with Crippen LogP contribution >= 0.6 is 0 Å². The molecule has 0 atom stereocenters. The zero-order valence-corrected chi connectivity index (χ0v) is 4.79. The fraction of sp³-hybridized carbons (Fsp3) is 1.00. The van der Waals surface area contributed by atoms with E-state index in [2.05, 4.69) is 0 Å². The van der Waals surface area contributed by atoms with Gasteiger partial charge in [-0.15, -0.1) is 0 Å². The Balaban J connectivity index is 0.000000490. The third-order valence-corrected chi connectivity index (χ3v) is 1.34. The first-order valence-electron chi connectivity index (χ1n) is 2.59. The van der Waals surface area contributed by atoms with Crippen LogP contribution in [-0.2, 0) is 0 Å². The monoisotopic (exact) mass is 123 g/mol. The smallest absolute Gasteiger partial charge is 0.248 e. The van der Waals surface area contributed by atoms with Gasteiger partial charge in [0.25, 0.3) is 0 Å². The Bertz CT molecular complexity index is 64.8. The average Bonchev–Trinajstić information content (AvgIpc) is 1.84. The van der Waals surface area contributed by atoms with E-state index in [1.807, 2.05) is 0 Å². The second-order valence-electron chi connectivity index (χ2n) is 2.06. The highest BCUT2D eigenvalue weighted by Gasteiger charge is 2.32. The maximum absolute atomic E-state index is 11.9. The summed E-state index contributed by atoms with van der Waals surface area (Å²) < 4.78 is 23.9. The summed E-state index contributed by atoms with van der Waals surface area (Å²) in [6.45, 7) is 0. The zero-order chi connectivity index (χ0) is 5.33. The van der Waals surface area contributed by atoms with Crippen molar-refractivity contribution in [2.75, 3.05) is 0 Å². The molecule has 3 heteroatoms. The lowest BCUT2D eigenvalue weighted by Gasteiger charge is -2.03. The van der Waals surface area contributed by atoms with Crippen LogP contribution in [0.5, 0.6) is 0 Å². The van der Waals surface area contributed by atoms with E-state index in [-0.39, 0.29) is 19.0 Å². The van der Waals surface area contributed by atoms with Crippen molar-refractivity contribution in [3.63, 3.8) is 0 Å². The zero-order valence-electron chi connectivity index (χ0n) is 4.79. The van der Waals surface area contributed by atoms with Gasteiger partial charge >= 0.3 is 0 Å². The van der Waals surface area contributed by atoms with Crippen molar-refractivity contribution in [2.45, 2.75) is 31.6 Å². The lowest BCUT2D eigenvalue weighted by Crippen LogP contribution is -2.06. The van der Waals surface area contributed by atoms with E-state index in [0.717, 1.165) is 0 Å². The van der Waals surface area contributed by atoms with Crippen LogP contribution in [0.15, 0.2) is 0 Å². The molecule has 0 bridgehead atoms. The summed E-state index contributed by atoms with van der Waals surface area (Å²) in [5.41, 5.74) is 0. The maximum atomic E-state index is 11.9. The van der Waals surface area contributed by atoms with Crippen LogP contribution in [-0.4, -0.2) is 5.92 Å². The molecule has 0 amide bonds. The van der Waals surface area contributed by atoms with Gasteiger partial charge in [0.05, 0.1) is 0 Å². The van der Waals surface area contributed by atoms with E-state index in [0.29, 0.717) is 12.8 Å². The fourth-order valence-electron chi connectivity index (χ4n) is 0.892. The van der Waals surface area contributed by atoms with Crippen LogP contribution in [0.4, 0.5) is 8.78 Å². The molecule has 0 aromatic carbocycles. The summed E-state index contributed by atoms with van der Waals surface area (Å²) in [5.74, 6) is -2.31. The van der Waals surface area contributed by atoms with Crippen molar-refractivity contribution in [1.29, 1.82) is 0 Å². The predicted octanol–water partition coefficient (Wildman–Crippen LogP) is 2.36. The number of alkyl halides is 2. The first-order valence-corrected chi connectivity index (χ1v) is 2.59. The molecule has 0 aromatic heterocycles. The van der Waals surface area contributed by atoms with Gasteiger partial charge in [-0.05, 0) is 12.8 Å². The van der Waals surface area contributed by atoms with E-state index >= 15 is 0 Å². The minimum Gasteiger partial charge on any atom is -0.344 e. The average molecular weight is 123 g/mol. The summed E-state index contributed by atoms with van der Waals surface area (Å²) in [5, 5.41) is 0. The first-order chi connectivity index (χ1) is 3.21. The molecule has 0 unspecified atom stereocenters.